The van der Waals surface area contributed by atoms with E-state index in [1.807, 2.05) is 6.92 Å². The predicted molar refractivity (Wildman–Crippen MR) is 58.4 cm³/mol. The summed E-state index contributed by atoms with van der Waals surface area (Å²) in [5.41, 5.74) is 6.27. The minimum atomic E-state index is -0.479. The van der Waals surface area contributed by atoms with Gasteiger partial charge >= 0.3 is 0 Å². The van der Waals surface area contributed by atoms with Crippen molar-refractivity contribution in [1.29, 1.82) is 0 Å². The van der Waals surface area contributed by atoms with Crippen molar-refractivity contribution in [1.82, 2.24) is 0 Å². The number of Topliss-reactive ketones (excluding diaryl/α,β-unsaturated/α-hetero) is 1. The molecule has 0 spiro atoms. The summed E-state index contributed by atoms with van der Waals surface area (Å²) < 4.78 is 12.8. The molecule has 15 heavy (non-hydrogen) atoms. The van der Waals surface area contributed by atoms with Crippen molar-refractivity contribution in [3.05, 3.63) is 34.6 Å². The molecule has 1 atom stereocenters. The Hall–Kier alpha value is -0.930. The molecule has 1 unspecified atom stereocenters. The SMILES string of the molecule is CCC(N)C(=O)Cc1ccc(F)c(Cl)c1. The number of ketones is 1. The van der Waals surface area contributed by atoms with Gasteiger partial charge in [-0.2, -0.15) is 0 Å². The Labute approximate surface area is 93.2 Å². The molecule has 2 N–H and O–H groups in total. The van der Waals surface area contributed by atoms with Crippen LogP contribution in [0.4, 0.5) is 4.39 Å². The van der Waals surface area contributed by atoms with Crippen molar-refractivity contribution >= 4 is 17.4 Å². The molecule has 0 aliphatic heterocycles. The summed E-state index contributed by atoms with van der Waals surface area (Å²) in [6.07, 6.45) is 0.808. The maximum absolute atomic E-state index is 12.8. The van der Waals surface area contributed by atoms with Gasteiger partial charge in [0.1, 0.15) is 5.82 Å². The maximum Gasteiger partial charge on any atom is 0.153 e. The average Bonchev–Trinajstić information content (AvgIpc) is 2.22. The van der Waals surface area contributed by atoms with Crippen molar-refractivity contribution in [3.8, 4) is 0 Å². The molecule has 0 fully saturated rings. The highest BCUT2D eigenvalue weighted by Crippen LogP contribution is 2.16. The number of nitrogens with two attached hydrogens (primary N) is 1. The smallest absolute Gasteiger partial charge is 0.153 e. The van der Waals surface area contributed by atoms with Gasteiger partial charge in [0.25, 0.3) is 0 Å². The van der Waals surface area contributed by atoms with Crippen LogP contribution in [0.2, 0.25) is 5.02 Å². The first-order valence-corrected chi connectivity index (χ1v) is 5.14. The number of rotatable bonds is 4. The van der Waals surface area contributed by atoms with Crippen LogP contribution in [-0.2, 0) is 11.2 Å². The number of carbonyl (C=O) groups is 1. The molecule has 82 valence electrons. The first-order valence-electron chi connectivity index (χ1n) is 4.76. The van der Waals surface area contributed by atoms with E-state index in [0.29, 0.717) is 12.0 Å². The summed E-state index contributed by atoms with van der Waals surface area (Å²) in [4.78, 5) is 11.5. The Morgan fingerprint density at radius 3 is 2.80 bits per heavy atom. The number of hydrogen-bond acceptors (Lipinski definition) is 2. The molecule has 0 aliphatic rings. The van der Waals surface area contributed by atoms with Crippen LogP contribution < -0.4 is 5.73 Å². The number of benzene rings is 1. The van der Waals surface area contributed by atoms with E-state index in [1.54, 1.807) is 6.07 Å². The minimum Gasteiger partial charge on any atom is -0.322 e. The van der Waals surface area contributed by atoms with E-state index in [0.717, 1.165) is 0 Å². The maximum atomic E-state index is 12.8. The van der Waals surface area contributed by atoms with Crippen LogP contribution in [0.3, 0.4) is 0 Å². The van der Waals surface area contributed by atoms with Crippen LogP contribution in [0.15, 0.2) is 18.2 Å². The van der Waals surface area contributed by atoms with Gasteiger partial charge in [0, 0.05) is 6.42 Å². The summed E-state index contributed by atoms with van der Waals surface area (Å²) in [7, 11) is 0. The van der Waals surface area contributed by atoms with Crippen LogP contribution >= 0.6 is 11.6 Å². The van der Waals surface area contributed by atoms with Crippen molar-refractivity contribution in [2.75, 3.05) is 0 Å². The minimum absolute atomic E-state index is 0.0327. The monoisotopic (exact) mass is 229 g/mol. The van der Waals surface area contributed by atoms with Crippen LogP contribution in [-0.4, -0.2) is 11.8 Å². The van der Waals surface area contributed by atoms with Gasteiger partial charge in [-0.15, -0.1) is 0 Å². The largest absolute Gasteiger partial charge is 0.322 e. The Bertz CT molecular complexity index is 368. The van der Waals surface area contributed by atoms with Gasteiger partial charge in [-0.3, -0.25) is 4.79 Å². The molecule has 4 heteroatoms. The fourth-order valence-corrected chi connectivity index (χ4v) is 1.41. The van der Waals surface area contributed by atoms with E-state index in [-0.39, 0.29) is 17.2 Å². The third-order valence-electron chi connectivity index (χ3n) is 2.22. The zero-order valence-corrected chi connectivity index (χ0v) is 9.22. The lowest BCUT2D eigenvalue weighted by molar-refractivity contribution is -0.119. The highest BCUT2D eigenvalue weighted by atomic mass is 35.5. The van der Waals surface area contributed by atoms with E-state index >= 15 is 0 Å². The van der Waals surface area contributed by atoms with Gasteiger partial charge in [0.2, 0.25) is 0 Å². The molecule has 1 rings (SSSR count). The molecule has 2 nitrogen and oxygen atoms in total. The second-order valence-electron chi connectivity index (χ2n) is 3.41. The average molecular weight is 230 g/mol. The number of halogens is 2. The lowest BCUT2D eigenvalue weighted by Crippen LogP contribution is -2.30. The molecule has 0 aromatic heterocycles. The molecule has 0 saturated carbocycles. The quantitative estimate of drug-likeness (QED) is 0.861. The molecular weight excluding hydrogens is 217 g/mol. The summed E-state index contributed by atoms with van der Waals surface area (Å²) >= 11 is 5.59. The third kappa shape index (κ3) is 3.29. The fraction of sp³-hybridized carbons (Fsp3) is 0.364. The van der Waals surface area contributed by atoms with Gasteiger partial charge < -0.3 is 5.73 Å². The van der Waals surface area contributed by atoms with Gasteiger partial charge in [-0.25, -0.2) is 4.39 Å². The molecule has 1 aromatic carbocycles. The molecule has 0 radical (unpaired) electrons. The molecule has 0 heterocycles. The van der Waals surface area contributed by atoms with Crippen LogP contribution in [0, 0.1) is 5.82 Å². The van der Waals surface area contributed by atoms with Gasteiger partial charge in [0.15, 0.2) is 5.78 Å². The van der Waals surface area contributed by atoms with Crippen LogP contribution in [0.1, 0.15) is 18.9 Å². The summed E-state index contributed by atoms with van der Waals surface area (Å²) in [6, 6.07) is 3.80. The fourth-order valence-electron chi connectivity index (χ4n) is 1.21. The molecule has 1 aromatic rings. The van der Waals surface area contributed by atoms with Crippen molar-refractivity contribution in [3.63, 3.8) is 0 Å². The summed E-state index contributed by atoms with van der Waals surface area (Å²) in [6.45, 7) is 1.85. The van der Waals surface area contributed by atoms with E-state index in [2.05, 4.69) is 0 Å². The molecule has 0 aliphatic carbocycles. The Morgan fingerprint density at radius 1 is 1.60 bits per heavy atom. The number of carbonyl (C=O) groups excluding carboxylic acids is 1. The predicted octanol–water partition coefficient (Wildman–Crippen LogP) is 2.33. The second kappa shape index (κ2) is 5.24. The second-order valence-corrected chi connectivity index (χ2v) is 3.81. The summed E-state index contributed by atoms with van der Waals surface area (Å²) in [5.74, 6) is -0.534. The summed E-state index contributed by atoms with van der Waals surface area (Å²) in [5, 5.41) is 0.0327. The lowest BCUT2D eigenvalue weighted by Gasteiger charge is -2.07. The number of hydrogen-bond donors (Lipinski definition) is 1. The van der Waals surface area contributed by atoms with Crippen molar-refractivity contribution in [2.45, 2.75) is 25.8 Å². The van der Waals surface area contributed by atoms with Gasteiger partial charge in [0.05, 0.1) is 11.1 Å². The van der Waals surface area contributed by atoms with E-state index < -0.39 is 11.9 Å². The third-order valence-corrected chi connectivity index (χ3v) is 2.51. The Balaban J connectivity index is 2.73. The zero-order valence-electron chi connectivity index (χ0n) is 8.47. The normalized spacial score (nSPS) is 12.5. The van der Waals surface area contributed by atoms with Crippen molar-refractivity contribution in [2.24, 2.45) is 5.73 Å². The molecular formula is C11H13ClFNO. The van der Waals surface area contributed by atoms with Crippen molar-refractivity contribution < 1.29 is 9.18 Å². The van der Waals surface area contributed by atoms with E-state index in [4.69, 9.17) is 17.3 Å². The van der Waals surface area contributed by atoms with Crippen LogP contribution in [0.25, 0.3) is 0 Å². The topological polar surface area (TPSA) is 43.1 Å². The van der Waals surface area contributed by atoms with Gasteiger partial charge in [-0.05, 0) is 24.1 Å². The van der Waals surface area contributed by atoms with Crippen LogP contribution in [0.5, 0.6) is 0 Å². The first kappa shape index (κ1) is 12.1. The van der Waals surface area contributed by atoms with E-state index in [1.165, 1.54) is 12.1 Å². The molecule has 0 saturated heterocycles. The van der Waals surface area contributed by atoms with Gasteiger partial charge in [-0.1, -0.05) is 24.6 Å². The standard InChI is InChI=1S/C11H13ClFNO/c1-2-10(14)11(15)6-7-3-4-9(13)8(12)5-7/h3-5,10H,2,6,14H2,1H3. The lowest BCUT2D eigenvalue weighted by atomic mass is 10.0. The molecule has 0 bridgehead atoms. The molecule has 0 amide bonds. The Kier molecular flexibility index (Phi) is 4.24. The Morgan fingerprint density at radius 2 is 2.27 bits per heavy atom. The highest BCUT2D eigenvalue weighted by Gasteiger charge is 2.12. The zero-order chi connectivity index (χ0) is 11.4. The first-order chi connectivity index (χ1) is 7.04. The van der Waals surface area contributed by atoms with E-state index in [9.17, 15) is 9.18 Å². The highest BCUT2D eigenvalue weighted by molar-refractivity contribution is 6.30.